The minimum absolute atomic E-state index is 0.257. The molecule has 2 aromatic rings. The second kappa shape index (κ2) is 18.4. The molecule has 1 fully saturated rings. The van der Waals surface area contributed by atoms with E-state index in [0.717, 1.165) is 12.3 Å². The molecule has 3 heteroatoms. The van der Waals surface area contributed by atoms with Crippen LogP contribution in [-0.4, -0.2) is 11.6 Å². The molecule has 0 radical (unpaired) electrons. The van der Waals surface area contributed by atoms with Crippen molar-refractivity contribution in [1.29, 1.82) is 0 Å². The van der Waals surface area contributed by atoms with Crippen LogP contribution in [0.25, 0.3) is 11.3 Å². The van der Waals surface area contributed by atoms with Gasteiger partial charge in [-0.2, -0.15) is 0 Å². The lowest BCUT2D eigenvalue weighted by atomic mass is 9.77. The lowest BCUT2D eigenvalue weighted by molar-refractivity contribution is 0.301. The van der Waals surface area contributed by atoms with E-state index in [-0.39, 0.29) is 5.82 Å². The first kappa shape index (κ1) is 30.6. The topological polar surface area (TPSA) is 22.1 Å². The largest absolute Gasteiger partial charge is 0.493 e. The van der Waals surface area contributed by atoms with Gasteiger partial charge in [0, 0.05) is 17.8 Å². The molecule has 1 aromatic carbocycles. The minimum Gasteiger partial charge on any atom is -0.493 e. The zero-order chi connectivity index (χ0) is 26.8. The molecule has 1 aromatic heterocycles. The Morgan fingerprint density at radius 3 is 1.97 bits per heavy atom. The zero-order valence-corrected chi connectivity index (χ0v) is 24.5. The van der Waals surface area contributed by atoms with Crippen molar-refractivity contribution in [3.05, 3.63) is 47.9 Å². The van der Waals surface area contributed by atoms with Crippen LogP contribution < -0.4 is 4.74 Å². The summed E-state index contributed by atoms with van der Waals surface area (Å²) in [5.74, 6) is 1.87. The molecule has 1 aliphatic carbocycles. The van der Waals surface area contributed by atoms with Gasteiger partial charge in [-0.15, -0.1) is 0 Å². The van der Waals surface area contributed by atoms with Gasteiger partial charge in [-0.05, 0) is 67.7 Å². The first-order valence-corrected chi connectivity index (χ1v) is 16.1. The van der Waals surface area contributed by atoms with E-state index < -0.39 is 0 Å². The fraction of sp³-hybridized carbons (Fsp3) is 0.686. The number of unbranched alkanes of at least 4 members (excludes halogenated alkanes) is 12. The molecule has 0 unspecified atom stereocenters. The summed E-state index contributed by atoms with van der Waals surface area (Å²) in [6.45, 7) is 5.17. The van der Waals surface area contributed by atoms with Gasteiger partial charge >= 0.3 is 0 Å². The molecule has 0 atom stereocenters. The van der Waals surface area contributed by atoms with Crippen molar-refractivity contribution < 1.29 is 9.13 Å². The molecule has 0 bridgehead atoms. The smallest absolute Gasteiger partial charge is 0.136 e. The molecule has 0 N–H and O–H groups in total. The van der Waals surface area contributed by atoms with Crippen LogP contribution in [0.15, 0.2) is 36.5 Å². The highest BCUT2D eigenvalue weighted by Crippen LogP contribution is 2.38. The van der Waals surface area contributed by atoms with E-state index in [9.17, 15) is 4.39 Å². The first-order chi connectivity index (χ1) is 18.7. The van der Waals surface area contributed by atoms with Crippen molar-refractivity contribution in [2.45, 2.75) is 142 Å². The Kier molecular flexibility index (Phi) is 14.8. The number of aromatic nitrogens is 1. The number of benzene rings is 1. The molecule has 212 valence electrons. The number of hydrogen-bond acceptors (Lipinski definition) is 2. The maximum Gasteiger partial charge on any atom is 0.136 e. The molecule has 1 aliphatic rings. The summed E-state index contributed by atoms with van der Waals surface area (Å²) in [5, 5.41) is 0. The van der Waals surface area contributed by atoms with Crippen LogP contribution in [0.2, 0.25) is 0 Å². The van der Waals surface area contributed by atoms with Gasteiger partial charge in [0.1, 0.15) is 11.6 Å². The van der Waals surface area contributed by atoms with Gasteiger partial charge in [-0.1, -0.05) is 110 Å². The van der Waals surface area contributed by atoms with Crippen molar-refractivity contribution in [3.8, 4) is 17.0 Å². The van der Waals surface area contributed by atoms with E-state index in [1.165, 1.54) is 127 Å². The van der Waals surface area contributed by atoms with Gasteiger partial charge in [0.2, 0.25) is 0 Å². The predicted molar refractivity (Wildman–Crippen MR) is 160 cm³/mol. The van der Waals surface area contributed by atoms with E-state index >= 15 is 0 Å². The number of nitrogens with zero attached hydrogens (tertiary/aromatic N) is 1. The summed E-state index contributed by atoms with van der Waals surface area (Å²) in [4.78, 5) is 4.66. The third-order valence-corrected chi connectivity index (χ3v) is 8.55. The van der Waals surface area contributed by atoms with Crippen molar-refractivity contribution in [1.82, 2.24) is 4.98 Å². The average Bonchev–Trinajstić information content (AvgIpc) is 2.94. The van der Waals surface area contributed by atoms with Gasteiger partial charge < -0.3 is 4.74 Å². The van der Waals surface area contributed by atoms with Crippen molar-refractivity contribution in [3.63, 3.8) is 0 Å². The highest BCUT2D eigenvalue weighted by molar-refractivity contribution is 5.61. The second-order valence-corrected chi connectivity index (χ2v) is 11.7. The van der Waals surface area contributed by atoms with E-state index in [1.807, 2.05) is 24.4 Å². The predicted octanol–water partition coefficient (Wildman–Crippen LogP) is 11.4. The van der Waals surface area contributed by atoms with E-state index in [4.69, 9.17) is 4.74 Å². The van der Waals surface area contributed by atoms with Crippen LogP contribution in [0.1, 0.15) is 147 Å². The van der Waals surface area contributed by atoms with E-state index in [1.54, 1.807) is 0 Å². The maximum atomic E-state index is 14.8. The average molecular weight is 524 g/mol. The molecule has 1 heterocycles. The molecule has 0 saturated heterocycles. The third-order valence-electron chi connectivity index (χ3n) is 8.55. The molecule has 0 amide bonds. The van der Waals surface area contributed by atoms with Gasteiger partial charge in [-0.3, -0.25) is 4.98 Å². The summed E-state index contributed by atoms with van der Waals surface area (Å²) >= 11 is 0. The fourth-order valence-corrected chi connectivity index (χ4v) is 6.02. The molecular weight excluding hydrogens is 469 g/mol. The third kappa shape index (κ3) is 11.1. The Hall–Kier alpha value is -1.90. The summed E-state index contributed by atoms with van der Waals surface area (Å²) in [6, 6.07) is 9.37. The highest BCUT2D eigenvalue weighted by atomic mass is 19.1. The zero-order valence-electron chi connectivity index (χ0n) is 24.5. The van der Waals surface area contributed by atoms with Crippen LogP contribution in [0.5, 0.6) is 5.75 Å². The van der Waals surface area contributed by atoms with E-state index in [0.29, 0.717) is 29.5 Å². The second-order valence-electron chi connectivity index (χ2n) is 11.7. The van der Waals surface area contributed by atoms with Crippen LogP contribution in [-0.2, 0) is 0 Å². The van der Waals surface area contributed by atoms with Gasteiger partial charge in [-0.25, -0.2) is 4.39 Å². The molecule has 38 heavy (non-hydrogen) atoms. The Morgan fingerprint density at radius 2 is 1.37 bits per heavy atom. The standard InChI is InChI=1S/C35H54FNO/c1-3-5-7-9-11-12-13-15-17-29-18-20-30(21-19-29)31-22-25-35(37-28-31)33-24-23-32(27-34(33)36)38-26-16-14-10-8-6-4-2/h22-25,27-30H,3-21,26H2,1-2H3/t29-,30-. The Labute approximate surface area is 233 Å². The molecule has 3 rings (SSSR count). The fourth-order valence-electron chi connectivity index (χ4n) is 6.02. The summed E-state index contributed by atoms with van der Waals surface area (Å²) in [7, 11) is 0. The maximum absolute atomic E-state index is 14.8. The highest BCUT2D eigenvalue weighted by Gasteiger charge is 2.22. The van der Waals surface area contributed by atoms with Crippen LogP contribution in [0, 0.1) is 11.7 Å². The van der Waals surface area contributed by atoms with Crippen LogP contribution in [0.4, 0.5) is 4.39 Å². The van der Waals surface area contributed by atoms with Gasteiger partial charge in [0.25, 0.3) is 0 Å². The Morgan fingerprint density at radius 1 is 0.737 bits per heavy atom. The number of halogens is 1. The van der Waals surface area contributed by atoms with Gasteiger partial charge in [0.05, 0.1) is 12.3 Å². The normalized spacial score (nSPS) is 17.6. The summed E-state index contributed by atoms with van der Waals surface area (Å²) in [6.07, 6.45) is 27.2. The van der Waals surface area contributed by atoms with Crippen LogP contribution >= 0.6 is 0 Å². The Balaban J connectivity index is 1.36. The van der Waals surface area contributed by atoms with Crippen molar-refractivity contribution in [2.24, 2.45) is 5.92 Å². The molecule has 1 saturated carbocycles. The molecule has 0 spiro atoms. The summed E-state index contributed by atoms with van der Waals surface area (Å²) in [5.41, 5.74) is 2.58. The molecule has 0 aliphatic heterocycles. The van der Waals surface area contributed by atoms with Crippen molar-refractivity contribution >= 4 is 0 Å². The summed E-state index contributed by atoms with van der Waals surface area (Å²) < 4.78 is 20.6. The lowest BCUT2D eigenvalue weighted by Gasteiger charge is -2.28. The number of ether oxygens (including phenoxy) is 1. The van der Waals surface area contributed by atoms with E-state index in [2.05, 4.69) is 24.9 Å². The van der Waals surface area contributed by atoms with Crippen LogP contribution in [0.3, 0.4) is 0 Å². The molecule has 2 nitrogen and oxygen atoms in total. The monoisotopic (exact) mass is 523 g/mol. The number of hydrogen-bond donors (Lipinski definition) is 0. The minimum atomic E-state index is -0.257. The Bertz CT molecular complexity index is 872. The number of pyridine rings is 1. The quantitative estimate of drug-likeness (QED) is 0.171. The first-order valence-electron chi connectivity index (χ1n) is 16.1. The lowest BCUT2D eigenvalue weighted by Crippen LogP contribution is -2.13. The SMILES string of the molecule is CCCCCCCCCC[C@H]1CC[C@H](c2ccc(-c3ccc(OCCCCCCCC)cc3F)nc2)CC1. The number of rotatable bonds is 19. The molecular formula is C35H54FNO. The van der Waals surface area contributed by atoms with Gasteiger partial charge in [0.15, 0.2) is 0 Å². The van der Waals surface area contributed by atoms with Crippen molar-refractivity contribution in [2.75, 3.05) is 6.61 Å².